The van der Waals surface area contributed by atoms with Gasteiger partial charge in [0.2, 0.25) is 0 Å². The van der Waals surface area contributed by atoms with E-state index < -0.39 is 22.8 Å². The molecule has 20 heavy (non-hydrogen) atoms. The van der Waals surface area contributed by atoms with Gasteiger partial charge in [0.25, 0.3) is 5.43 Å². The van der Waals surface area contributed by atoms with E-state index in [2.05, 4.69) is 4.98 Å². The van der Waals surface area contributed by atoms with Crippen molar-refractivity contribution in [1.82, 2.24) is 4.98 Å². The average molecular weight is 273 g/mol. The Labute approximate surface area is 109 Å². The van der Waals surface area contributed by atoms with E-state index >= 15 is 0 Å². The summed E-state index contributed by atoms with van der Waals surface area (Å²) in [4.78, 5) is 36.1. The first-order valence-corrected chi connectivity index (χ1v) is 5.53. The second-order valence-electron chi connectivity index (χ2n) is 4.16. The van der Waals surface area contributed by atoms with Crippen LogP contribution in [0.4, 0.5) is 0 Å². The predicted molar refractivity (Wildman–Crippen MR) is 69.2 cm³/mol. The SMILES string of the molecule is O=C(O)c1c[nH]c2c(ccc3cc(=O)c(=O)oc32)c1O. The minimum atomic E-state index is -1.29. The summed E-state index contributed by atoms with van der Waals surface area (Å²) in [6.45, 7) is 0. The van der Waals surface area contributed by atoms with Gasteiger partial charge in [0.1, 0.15) is 11.3 Å². The Morgan fingerprint density at radius 1 is 1.25 bits per heavy atom. The van der Waals surface area contributed by atoms with Gasteiger partial charge in [0.05, 0.1) is 5.52 Å². The van der Waals surface area contributed by atoms with Gasteiger partial charge in [-0.15, -0.1) is 0 Å². The van der Waals surface area contributed by atoms with Crippen molar-refractivity contribution in [2.75, 3.05) is 0 Å². The molecule has 0 bridgehead atoms. The highest BCUT2D eigenvalue weighted by Crippen LogP contribution is 2.30. The van der Waals surface area contributed by atoms with E-state index in [0.717, 1.165) is 12.3 Å². The van der Waals surface area contributed by atoms with E-state index in [4.69, 9.17) is 9.52 Å². The number of aromatic carboxylic acids is 1. The number of rotatable bonds is 1. The Balaban J connectivity index is 2.53. The van der Waals surface area contributed by atoms with Gasteiger partial charge in [-0.25, -0.2) is 9.59 Å². The smallest absolute Gasteiger partial charge is 0.384 e. The molecule has 1 aromatic carbocycles. The lowest BCUT2D eigenvalue weighted by Gasteiger charge is -2.06. The summed E-state index contributed by atoms with van der Waals surface area (Å²) >= 11 is 0. The van der Waals surface area contributed by atoms with Gasteiger partial charge in [-0.05, 0) is 6.07 Å². The molecule has 3 N–H and O–H groups in total. The van der Waals surface area contributed by atoms with Gasteiger partial charge >= 0.3 is 11.6 Å². The van der Waals surface area contributed by atoms with Crippen LogP contribution in [-0.2, 0) is 0 Å². The van der Waals surface area contributed by atoms with Crippen LogP contribution in [-0.4, -0.2) is 21.2 Å². The third kappa shape index (κ3) is 1.57. The monoisotopic (exact) mass is 273 g/mol. The third-order valence-corrected chi connectivity index (χ3v) is 2.97. The van der Waals surface area contributed by atoms with Crippen molar-refractivity contribution in [2.24, 2.45) is 0 Å². The number of carboxylic acid groups (broad SMARTS) is 1. The molecule has 0 radical (unpaired) electrons. The molecule has 0 saturated carbocycles. The minimum absolute atomic E-state index is 0.0827. The van der Waals surface area contributed by atoms with Gasteiger partial charge in [-0.1, -0.05) is 6.07 Å². The second-order valence-corrected chi connectivity index (χ2v) is 4.16. The maximum atomic E-state index is 11.3. The number of fused-ring (bicyclic) bond motifs is 3. The summed E-state index contributed by atoms with van der Waals surface area (Å²) in [6.07, 6.45) is 1.09. The molecule has 0 atom stereocenters. The number of hydrogen-bond donors (Lipinski definition) is 3. The first-order valence-electron chi connectivity index (χ1n) is 5.53. The lowest BCUT2D eigenvalue weighted by Crippen LogP contribution is -2.20. The molecule has 0 fully saturated rings. The molecule has 2 heterocycles. The van der Waals surface area contributed by atoms with E-state index in [1.807, 2.05) is 0 Å². The number of hydrogen-bond acceptors (Lipinski definition) is 5. The lowest BCUT2D eigenvalue weighted by molar-refractivity contribution is 0.0693. The fourth-order valence-corrected chi connectivity index (χ4v) is 2.03. The molecule has 0 aliphatic heterocycles. The summed E-state index contributed by atoms with van der Waals surface area (Å²) in [5, 5.41) is 19.4. The number of H-pyrrole nitrogens is 1. The highest BCUT2D eigenvalue weighted by Gasteiger charge is 2.15. The Kier molecular flexibility index (Phi) is 2.37. The van der Waals surface area contributed by atoms with E-state index in [-0.39, 0.29) is 22.0 Å². The fraction of sp³-hybridized carbons (Fsp3) is 0. The summed E-state index contributed by atoms with van der Waals surface area (Å²) in [6, 6.07) is 4.02. The molecular weight excluding hydrogens is 266 g/mol. The van der Waals surface area contributed by atoms with Crippen LogP contribution in [0.1, 0.15) is 10.4 Å². The number of aromatic hydroxyl groups is 1. The van der Waals surface area contributed by atoms with Crippen LogP contribution in [0, 0.1) is 0 Å². The molecule has 7 nitrogen and oxygen atoms in total. The molecule has 3 aromatic rings. The maximum absolute atomic E-state index is 11.3. The zero-order valence-corrected chi connectivity index (χ0v) is 9.84. The Morgan fingerprint density at radius 3 is 2.70 bits per heavy atom. The van der Waals surface area contributed by atoms with Gasteiger partial charge in [-0.2, -0.15) is 0 Å². The van der Waals surface area contributed by atoms with Crippen molar-refractivity contribution in [3.05, 3.63) is 50.6 Å². The Bertz CT molecular complexity index is 982. The normalized spacial score (nSPS) is 11.0. The van der Waals surface area contributed by atoms with Crippen molar-refractivity contribution in [3.8, 4) is 5.75 Å². The highest BCUT2D eigenvalue weighted by atomic mass is 16.4. The molecule has 0 saturated heterocycles. The van der Waals surface area contributed by atoms with E-state index in [1.165, 1.54) is 12.1 Å². The average Bonchev–Trinajstić information content (AvgIpc) is 2.40. The van der Waals surface area contributed by atoms with Gasteiger partial charge in [0.15, 0.2) is 5.58 Å². The molecule has 7 heteroatoms. The Morgan fingerprint density at radius 2 is 2.00 bits per heavy atom. The summed E-state index contributed by atoms with van der Waals surface area (Å²) in [5.74, 6) is -1.74. The van der Waals surface area contributed by atoms with Crippen molar-refractivity contribution in [1.29, 1.82) is 0 Å². The van der Waals surface area contributed by atoms with Crippen LogP contribution in [0.5, 0.6) is 5.75 Å². The fourth-order valence-electron chi connectivity index (χ4n) is 2.03. The summed E-state index contributed by atoms with van der Waals surface area (Å²) in [7, 11) is 0. The first kappa shape index (κ1) is 12.0. The number of aromatic nitrogens is 1. The number of carboxylic acids is 1. The van der Waals surface area contributed by atoms with E-state index in [1.54, 1.807) is 0 Å². The number of benzene rings is 1. The number of pyridine rings is 1. The number of carbonyl (C=O) groups is 1. The minimum Gasteiger partial charge on any atom is -0.506 e. The molecule has 100 valence electrons. The molecule has 0 spiro atoms. The standard InChI is InChI=1S/C13H7NO6/c15-8-3-5-1-2-6-9(11(5)20-13(8)19)14-4-7(10(6)16)12(17)18/h1-4,14,16H,(H,17,18). The first-order chi connectivity index (χ1) is 9.49. The van der Waals surface area contributed by atoms with E-state index in [9.17, 15) is 19.5 Å². The lowest BCUT2D eigenvalue weighted by atomic mass is 10.1. The molecular formula is C13H7NO6. The summed E-state index contributed by atoms with van der Waals surface area (Å²) < 4.78 is 4.90. The van der Waals surface area contributed by atoms with Crippen LogP contribution in [0.3, 0.4) is 0 Å². The Hall–Kier alpha value is -3.09. The quantitative estimate of drug-likeness (QED) is 0.346. The van der Waals surface area contributed by atoms with Gasteiger partial charge in [0, 0.05) is 23.0 Å². The van der Waals surface area contributed by atoms with Crippen molar-refractivity contribution in [2.45, 2.75) is 0 Å². The molecule has 0 aliphatic carbocycles. The molecule has 2 aromatic heterocycles. The van der Waals surface area contributed by atoms with Crippen molar-refractivity contribution < 1.29 is 19.4 Å². The topological polar surface area (TPSA) is 121 Å². The zero-order chi connectivity index (χ0) is 14.4. The third-order valence-electron chi connectivity index (χ3n) is 2.97. The summed E-state index contributed by atoms with van der Waals surface area (Å²) in [5.41, 5.74) is -1.79. The molecule has 0 aliphatic rings. The molecule has 0 unspecified atom stereocenters. The number of nitrogens with one attached hydrogen (secondary N) is 1. The van der Waals surface area contributed by atoms with Gasteiger partial charge in [-0.3, -0.25) is 4.79 Å². The predicted octanol–water partition coefficient (Wildman–Crippen LogP) is 1.04. The molecule has 3 rings (SSSR count). The van der Waals surface area contributed by atoms with Crippen LogP contribution >= 0.6 is 0 Å². The van der Waals surface area contributed by atoms with Crippen molar-refractivity contribution >= 4 is 27.8 Å². The van der Waals surface area contributed by atoms with Crippen LogP contribution in [0.2, 0.25) is 0 Å². The van der Waals surface area contributed by atoms with Crippen LogP contribution in [0.25, 0.3) is 21.9 Å². The largest absolute Gasteiger partial charge is 0.506 e. The maximum Gasteiger partial charge on any atom is 0.384 e. The zero-order valence-electron chi connectivity index (χ0n) is 9.84. The van der Waals surface area contributed by atoms with Crippen molar-refractivity contribution in [3.63, 3.8) is 0 Å². The number of aromatic amines is 1. The molecule has 0 amide bonds. The van der Waals surface area contributed by atoms with Crippen LogP contribution < -0.4 is 11.1 Å². The van der Waals surface area contributed by atoms with Crippen LogP contribution in [0.15, 0.2) is 38.4 Å². The highest BCUT2D eigenvalue weighted by molar-refractivity contribution is 6.07. The second kappa shape index (κ2) is 3.95. The van der Waals surface area contributed by atoms with E-state index in [0.29, 0.717) is 5.39 Å². The van der Waals surface area contributed by atoms with Gasteiger partial charge < -0.3 is 19.6 Å².